The smallest absolute Gasteiger partial charge is 0.300 e. The third-order valence-electron chi connectivity index (χ3n) is 6.65. The van der Waals surface area contributed by atoms with E-state index in [1.807, 2.05) is 0 Å². The zero-order chi connectivity index (χ0) is 31.1. The largest absolute Gasteiger partial charge is 0.354 e. The predicted octanol–water partition coefficient (Wildman–Crippen LogP) is 4.93. The Morgan fingerprint density at radius 2 is 1.89 bits per heavy atom. The van der Waals surface area contributed by atoms with Gasteiger partial charge in [0.2, 0.25) is 11.9 Å². The lowest BCUT2D eigenvalue weighted by Crippen LogP contribution is -2.25. The second-order valence-corrected chi connectivity index (χ2v) is 11.3. The summed E-state index contributed by atoms with van der Waals surface area (Å²) in [6, 6.07) is 17.0. The molecule has 5 rings (SSSR count). The third-order valence-corrected chi connectivity index (χ3v) is 7.81. The molecule has 15 heteroatoms. The highest BCUT2D eigenvalue weighted by molar-refractivity contribution is 8.26. The minimum absolute atomic E-state index is 0.0361. The Kier molecular flexibility index (Phi) is 9.56. The van der Waals surface area contributed by atoms with Crippen LogP contribution in [0.1, 0.15) is 35.2 Å². The molecule has 3 aromatic carbocycles. The summed E-state index contributed by atoms with van der Waals surface area (Å²) in [5.74, 6) is -0.417. The van der Waals surface area contributed by atoms with Gasteiger partial charge in [-0.1, -0.05) is 42.2 Å². The molecule has 0 radical (unpaired) electrons. The number of non-ortho nitro benzene ring substituents is 1. The minimum atomic E-state index is -0.554. The summed E-state index contributed by atoms with van der Waals surface area (Å²) in [6.07, 6.45) is 4.73. The van der Waals surface area contributed by atoms with E-state index in [9.17, 15) is 24.5 Å². The Labute approximate surface area is 260 Å². The van der Waals surface area contributed by atoms with Gasteiger partial charge in [0, 0.05) is 36.1 Å². The van der Waals surface area contributed by atoms with E-state index in [2.05, 4.69) is 26.3 Å². The molecule has 3 amide bonds. The highest BCUT2D eigenvalue weighted by Gasteiger charge is 2.22. The maximum atomic E-state index is 12.5. The zero-order valence-corrected chi connectivity index (χ0v) is 24.7. The van der Waals surface area contributed by atoms with E-state index in [-0.39, 0.29) is 28.5 Å². The summed E-state index contributed by atoms with van der Waals surface area (Å²) in [6.45, 7) is 0.966. The van der Waals surface area contributed by atoms with Crippen molar-refractivity contribution in [1.29, 1.82) is 0 Å². The van der Waals surface area contributed by atoms with Crippen LogP contribution in [0, 0.1) is 10.1 Å². The number of nitrogens with one attached hydrogen (secondary N) is 3. The fraction of sp³-hybridized carbons (Fsp3) is 0.172. The Balaban J connectivity index is 1.08. The number of thiocarbonyl (C=S) groups is 1. The third kappa shape index (κ3) is 7.25. The van der Waals surface area contributed by atoms with Crippen LogP contribution in [0.2, 0.25) is 0 Å². The van der Waals surface area contributed by atoms with Gasteiger partial charge >= 0.3 is 5.69 Å². The number of benzene rings is 3. The molecule has 0 unspecified atom stereocenters. The van der Waals surface area contributed by atoms with Crippen molar-refractivity contribution in [3.8, 4) is 0 Å². The number of carbonyl (C=O) groups excluding carboxylic acids is 3. The maximum Gasteiger partial charge on any atom is 0.300 e. The lowest BCUT2D eigenvalue weighted by atomic mass is 10.1. The molecular weight excluding hydrogens is 606 g/mol. The number of nitro groups is 1. The van der Waals surface area contributed by atoms with E-state index < -0.39 is 4.92 Å². The van der Waals surface area contributed by atoms with Crippen LogP contribution in [-0.4, -0.2) is 50.9 Å². The molecule has 1 aliphatic rings. The molecule has 0 spiro atoms. The molecule has 2 heterocycles. The highest BCUT2D eigenvalue weighted by atomic mass is 32.2. The zero-order valence-electron chi connectivity index (χ0n) is 23.0. The van der Waals surface area contributed by atoms with E-state index >= 15 is 0 Å². The fourth-order valence-electron chi connectivity index (χ4n) is 4.45. The van der Waals surface area contributed by atoms with Crippen molar-refractivity contribution in [3.63, 3.8) is 0 Å². The van der Waals surface area contributed by atoms with E-state index in [1.165, 1.54) is 23.9 Å². The van der Waals surface area contributed by atoms with Gasteiger partial charge < -0.3 is 20.9 Å². The minimum Gasteiger partial charge on any atom is -0.354 e. The molecule has 1 aliphatic heterocycles. The second-order valence-electron chi connectivity index (χ2n) is 9.62. The molecule has 1 aromatic heterocycles. The molecule has 1 saturated heterocycles. The molecule has 13 nitrogen and oxygen atoms in total. The van der Waals surface area contributed by atoms with Crippen molar-refractivity contribution in [3.05, 3.63) is 86.8 Å². The first-order valence-corrected chi connectivity index (χ1v) is 14.7. The molecule has 224 valence electrons. The van der Waals surface area contributed by atoms with Gasteiger partial charge in [-0.15, -0.1) is 0 Å². The molecule has 0 atom stereocenters. The number of fused-ring (bicyclic) bond motifs is 1. The fourth-order valence-corrected chi connectivity index (χ4v) is 5.50. The number of thioether (sulfide) groups is 1. The van der Waals surface area contributed by atoms with Crippen LogP contribution >= 0.6 is 24.0 Å². The van der Waals surface area contributed by atoms with E-state index in [1.54, 1.807) is 59.5 Å². The summed E-state index contributed by atoms with van der Waals surface area (Å²) >= 11 is 6.20. The molecule has 1 fully saturated rings. The van der Waals surface area contributed by atoms with Gasteiger partial charge in [-0.25, -0.2) is 4.63 Å². The first-order valence-electron chi connectivity index (χ1n) is 13.4. The lowest BCUT2D eigenvalue weighted by molar-refractivity contribution is -0.383. The Morgan fingerprint density at radius 3 is 2.61 bits per heavy atom. The van der Waals surface area contributed by atoms with Gasteiger partial charge in [0.05, 0.1) is 15.5 Å². The van der Waals surface area contributed by atoms with Crippen molar-refractivity contribution >= 4 is 86.4 Å². The van der Waals surface area contributed by atoms with Crippen LogP contribution in [0.25, 0.3) is 17.1 Å². The second kappa shape index (κ2) is 13.9. The van der Waals surface area contributed by atoms with Gasteiger partial charge in [-0.05, 0) is 77.6 Å². The van der Waals surface area contributed by atoms with Gasteiger partial charge in [0.25, 0.3) is 11.8 Å². The maximum absolute atomic E-state index is 12.5. The number of unbranched alkanes of at least 4 members (excludes halogenated alkanes) is 2. The Bertz CT molecular complexity index is 1770. The van der Waals surface area contributed by atoms with Gasteiger partial charge in [0.15, 0.2) is 5.52 Å². The van der Waals surface area contributed by atoms with Gasteiger partial charge in [-0.3, -0.25) is 24.5 Å². The number of aromatic nitrogens is 2. The summed E-state index contributed by atoms with van der Waals surface area (Å²) < 4.78 is 5.14. The SMILES string of the molecule is O=CN(CCCCCNC(=O)c1ccc(C=C2SC(=S)NC2=O)cc1)c1cccc(Nc2ccc([N+](=O)[O-])c3nonc23)c1. The Morgan fingerprint density at radius 1 is 1.09 bits per heavy atom. The summed E-state index contributed by atoms with van der Waals surface area (Å²) in [5, 5.41) is 27.3. The normalized spacial score (nSPS) is 13.6. The van der Waals surface area contributed by atoms with Crippen molar-refractivity contribution in [2.75, 3.05) is 23.3 Å². The van der Waals surface area contributed by atoms with Crippen LogP contribution in [-0.2, 0) is 9.59 Å². The number of nitrogens with zero attached hydrogens (tertiary/aromatic N) is 4. The quantitative estimate of drug-likeness (QED) is 0.0456. The van der Waals surface area contributed by atoms with Crippen molar-refractivity contribution in [1.82, 2.24) is 20.9 Å². The summed E-state index contributed by atoms with van der Waals surface area (Å²) in [5.41, 5.74) is 3.14. The van der Waals surface area contributed by atoms with Crippen LogP contribution in [0.3, 0.4) is 0 Å². The van der Waals surface area contributed by atoms with Crippen LogP contribution in [0.5, 0.6) is 0 Å². The predicted molar refractivity (Wildman–Crippen MR) is 171 cm³/mol. The molecule has 0 aliphatic carbocycles. The first kappa shape index (κ1) is 30.3. The average Bonchev–Trinajstić information content (AvgIpc) is 3.63. The first-order chi connectivity index (χ1) is 21.3. The average molecular weight is 632 g/mol. The lowest BCUT2D eigenvalue weighted by Gasteiger charge is -2.18. The number of amides is 3. The van der Waals surface area contributed by atoms with E-state index in [0.717, 1.165) is 31.2 Å². The monoisotopic (exact) mass is 631 g/mol. The number of hydrogen-bond donors (Lipinski definition) is 3. The molecule has 3 N–H and O–H groups in total. The Hall–Kier alpha value is -5.15. The molecule has 0 bridgehead atoms. The molecular formula is C29H25N7O6S2. The van der Waals surface area contributed by atoms with Crippen molar-refractivity contribution < 1.29 is 23.9 Å². The number of hydrogen-bond acceptors (Lipinski definition) is 11. The van der Waals surface area contributed by atoms with Gasteiger partial charge in [0.1, 0.15) is 4.32 Å². The van der Waals surface area contributed by atoms with E-state index in [0.29, 0.717) is 44.9 Å². The van der Waals surface area contributed by atoms with Crippen molar-refractivity contribution in [2.24, 2.45) is 0 Å². The summed E-state index contributed by atoms with van der Waals surface area (Å²) in [7, 11) is 0. The van der Waals surface area contributed by atoms with E-state index in [4.69, 9.17) is 16.8 Å². The van der Waals surface area contributed by atoms with Crippen LogP contribution in [0.15, 0.2) is 70.2 Å². The highest BCUT2D eigenvalue weighted by Crippen LogP contribution is 2.31. The number of anilines is 3. The standard InChI is InChI=1S/C29H25N7O6S2/c37-17-35(21-6-4-5-20(16-21)31-22-11-12-23(36(40)41)26-25(22)33-42-34-26)14-3-1-2-13-30-27(38)19-9-7-18(8-10-19)15-24-28(39)32-29(43)44-24/h4-12,15-17,31H,1-3,13-14H2,(H,30,38)(H,32,39,43). The van der Waals surface area contributed by atoms with Crippen molar-refractivity contribution in [2.45, 2.75) is 19.3 Å². The van der Waals surface area contributed by atoms with Crippen LogP contribution in [0.4, 0.5) is 22.7 Å². The number of nitro benzene ring substituents is 1. The number of rotatable bonds is 13. The van der Waals surface area contributed by atoms with Crippen LogP contribution < -0.4 is 20.9 Å². The topological polar surface area (TPSA) is 173 Å². The molecule has 0 saturated carbocycles. The van der Waals surface area contributed by atoms with Gasteiger partial charge in [-0.2, -0.15) is 0 Å². The molecule has 44 heavy (non-hydrogen) atoms. The number of carbonyl (C=O) groups is 3. The summed E-state index contributed by atoms with van der Waals surface area (Å²) in [4.78, 5) is 49.0. The molecule has 4 aromatic rings.